The Morgan fingerprint density at radius 1 is 0.893 bits per heavy atom. The van der Waals surface area contributed by atoms with Crippen LogP contribution >= 0.6 is 23.2 Å². The van der Waals surface area contributed by atoms with Crippen LogP contribution in [0.5, 0.6) is 0 Å². The van der Waals surface area contributed by atoms with Gasteiger partial charge in [-0.1, -0.05) is 29.3 Å². The third-order valence-corrected chi connectivity index (χ3v) is 9.09. The molecule has 1 saturated heterocycles. The Labute approximate surface area is 175 Å². The van der Waals surface area contributed by atoms with Crippen molar-refractivity contribution in [2.24, 2.45) is 0 Å². The number of benzene rings is 2. The highest BCUT2D eigenvalue weighted by Gasteiger charge is 2.28. The molecule has 0 unspecified atom stereocenters. The Kier molecular flexibility index (Phi) is 6.38. The molecule has 6 nitrogen and oxygen atoms in total. The van der Waals surface area contributed by atoms with Crippen molar-refractivity contribution < 1.29 is 16.8 Å². The molecule has 152 valence electrons. The predicted molar refractivity (Wildman–Crippen MR) is 110 cm³/mol. The number of hydrogen-bond acceptors (Lipinski definition) is 4. The van der Waals surface area contributed by atoms with Crippen LogP contribution in [-0.2, 0) is 26.6 Å². The zero-order valence-corrected chi connectivity index (χ0v) is 18.3. The van der Waals surface area contributed by atoms with Crippen LogP contribution in [0.15, 0.2) is 52.3 Å². The van der Waals surface area contributed by atoms with Crippen molar-refractivity contribution in [2.45, 2.75) is 29.2 Å². The maximum Gasteiger partial charge on any atom is 0.243 e. The van der Waals surface area contributed by atoms with Gasteiger partial charge in [0.1, 0.15) is 0 Å². The van der Waals surface area contributed by atoms with Gasteiger partial charge in [0.05, 0.1) is 19.8 Å². The Hall–Kier alpha value is -1.16. The van der Waals surface area contributed by atoms with E-state index >= 15 is 0 Å². The normalized spacial score (nSPS) is 16.0. The number of halogens is 2. The summed E-state index contributed by atoms with van der Waals surface area (Å²) in [5.74, 6) is 0. The molecule has 0 spiro atoms. The van der Waals surface area contributed by atoms with E-state index in [-0.39, 0.29) is 16.3 Å². The van der Waals surface area contributed by atoms with Crippen molar-refractivity contribution in [1.29, 1.82) is 0 Å². The lowest BCUT2D eigenvalue weighted by molar-refractivity contribution is 0.466. The third-order valence-electron chi connectivity index (χ3n) is 4.62. The first-order valence-electron chi connectivity index (χ1n) is 8.63. The molecule has 0 saturated carbocycles. The van der Waals surface area contributed by atoms with Crippen molar-refractivity contribution in [2.75, 3.05) is 20.1 Å². The molecule has 0 N–H and O–H groups in total. The Balaban J connectivity index is 1.80. The summed E-state index contributed by atoms with van der Waals surface area (Å²) in [7, 11) is -5.92. The van der Waals surface area contributed by atoms with Crippen LogP contribution in [0.4, 0.5) is 0 Å². The van der Waals surface area contributed by atoms with Gasteiger partial charge in [0.2, 0.25) is 20.0 Å². The van der Waals surface area contributed by atoms with Gasteiger partial charge in [-0.3, -0.25) is 0 Å². The average molecular weight is 463 g/mol. The van der Waals surface area contributed by atoms with Crippen molar-refractivity contribution in [1.82, 2.24) is 8.61 Å². The molecular formula is C18H20Cl2N2O4S2. The summed E-state index contributed by atoms with van der Waals surface area (Å²) in [5.41, 5.74) is 0.689. The highest BCUT2D eigenvalue weighted by molar-refractivity contribution is 7.89. The SMILES string of the molecule is CN(Cc1ccc(Cl)c(Cl)c1)S(=O)(=O)c1ccc(S(=O)(=O)N2CCCC2)cc1. The van der Waals surface area contributed by atoms with Crippen LogP contribution in [0.1, 0.15) is 18.4 Å². The quantitative estimate of drug-likeness (QED) is 0.656. The Morgan fingerprint density at radius 3 is 2.04 bits per heavy atom. The number of hydrogen-bond donors (Lipinski definition) is 0. The summed E-state index contributed by atoms with van der Waals surface area (Å²) < 4.78 is 53.4. The lowest BCUT2D eigenvalue weighted by atomic mass is 10.2. The molecular weight excluding hydrogens is 443 g/mol. The van der Waals surface area contributed by atoms with Crippen LogP contribution in [0.2, 0.25) is 10.0 Å². The maximum absolute atomic E-state index is 12.8. The summed E-state index contributed by atoms with van der Waals surface area (Å²) in [4.78, 5) is 0.121. The summed E-state index contributed by atoms with van der Waals surface area (Å²) in [6.07, 6.45) is 1.68. The fourth-order valence-corrected chi connectivity index (χ4v) is 6.02. The van der Waals surface area contributed by atoms with Gasteiger partial charge < -0.3 is 0 Å². The molecule has 1 aliphatic rings. The van der Waals surface area contributed by atoms with Crippen LogP contribution in [0, 0.1) is 0 Å². The van der Waals surface area contributed by atoms with Crippen molar-refractivity contribution >= 4 is 43.2 Å². The van der Waals surface area contributed by atoms with Crippen LogP contribution in [0.25, 0.3) is 0 Å². The summed E-state index contributed by atoms with van der Waals surface area (Å²) in [6, 6.07) is 10.2. The Bertz CT molecular complexity index is 1070. The van der Waals surface area contributed by atoms with Gasteiger partial charge in [0, 0.05) is 26.7 Å². The monoisotopic (exact) mass is 462 g/mol. The van der Waals surface area contributed by atoms with E-state index in [1.54, 1.807) is 18.2 Å². The standard InChI is InChI=1S/C18H20Cl2N2O4S2/c1-21(13-14-4-9-17(19)18(20)12-14)27(23,24)15-5-7-16(8-6-15)28(25,26)22-10-2-3-11-22/h4-9,12H,2-3,10-11,13H2,1H3. The average Bonchev–Trinajstić information content (AvgIpc) is 3.20. The molecule has 0 aromatic heterocycles. The van der Waals surface area contributed by atoms with Gasteiger partial charge in [-0.05, 0) is 54.8 Å². The maximum atomic E-state index is 12.8. The first-order valence-corrected chi connectivity index (χ1v) is 12.3. The molecule has 0 radical (unpaired) electrons. The van der Waals surface area contributed by atoms with Crippen LogP contribution in [0.3, 0.4) is 0 Å². The molecule has 1 heterocycles. The van der Waals surface area contributed by atoms with E-state index < -0.39 is 20.0 Å². The molecule has 1 aliphatic heterocycles. The summed E-state index contributed by atoms with van der Waals surface area (Å²) in [6.45, 7) is 1.09. The van der Waals surface area contributed by atoms with E-state index in [2.05, 4.69) is 0 Å². The lowest BCUT2D eigenvalue weighted by Crippen LogP contribution is -2.28. The largest absolute Gasteiger partial charge is 0.243 e. The molecule has 1 fully saturated rings. The first kappa shape index (κ1) is 21.5. The van der Waals surface area contributed by atoms with Crippen LogP contribution in [-0.4, -0.2) is 45.6 Å². The molecule has 0 atom stereocenters. The second-order valence-electron chi connectivity index (χ2n) is 6.59. The second kappa shape index (κ2) is 8.30. The van der Waals surface area contributed by atoms with Gasteiger partial charge in [-0.2, -0.15) is 8.61 Å². The second-order valence-corrected chi connectivity index (χ2v) is 11.4. The summed E-state index contributed by atoms with van der Waals surface area (Å²) >= 11 is 11.9. The smallest absolute Gasteiger partial charge is 0.207 e. The minimum absolute atomic E-state index is 0.0235. The van der Waals surface area contributed by atoms with E-state index in [0.717, 1.165) is 12.8 Å². The molecule has 3 rings (SSSR count). The van der Waals surface area contributed by atoms with E-state index in [1.807, 2.05) is 0 Å². The van der Waals surface area contributed by atoms with Crippen LogP contribution < -0.4 is 0 Å². The van der Waals surface area contributed by atoms with Crippen molar-refractivity contribution in [3.63, 3.8) is 0 Å². The molecule has 10 heteroatoms. The van der Waals surface area contributed by atoms with Gasteiger partial charge in [-0.15, -0.1) is 0 Å². The minimum Gasteiger partial charge on any atom is -0.207 e. The first-order chi connectivity index (χ1) is 13.1. The fourth-order valence-electron chi connectivity index (χ4n) is 3.02. The minimum atomic E-state index is -3.79. The van der Waals surface area contributed by atoms with E-state index in [4.69, 9.17) is 23.2 Å². The third kappa shape index (κ3) is 4.37. The van der Waals surface area contributed by atoms with E-state index in [9.17, 15) is 16.8 Å². The Morgan fingerprint density at radius 2 is 1.46 bits per heavy atom. The van der Waals surface area contributed by atoms with E-state index in [0.29, 0.717) is 28.7 Å². The fraction of sp³-hybridized carbons (Fsp3) is 0.333. The highest BCUT2D eigenvalue weighted by Crippen LogP contribution is 2.26. The van der Waals surface area contributed by atoms with Gasteiger partial charge >= 0.3 is 0 Å². The zero-order valence-electron chi connectivity index (χ0n) is 15.2. The van der Waals surface area contributed by atoms with Gasteiger partial charge in [0.25, 0.3) is 0 Å². The molecule has 0 amide bonds. The van der Waals surface area contributed by atoms with Gasteiger partial charge in [-0.25, -0.2) is 16.8 Å². The number of sulfonamides is 2. The molecule has 0 aliphatic carbocycles. The molecule has 0 bridgehead atoms. The van der Waals surface area contributed by atoms with Crippen molar-refractivity contribution in [3.05, 3.63) is 58.1 Å². The lowest BCUT2D eigenvalue weighted by Gasteiger charge is -2.19. The van der Waals surface area contributed by atoms with Gasteiger partial charge in [0.15, 0.2) is 0 Å². The predicted octanol–water partition coefficient (Wildman–Crippen LogP) is 3.60. The molecule has 2 aromatic rings. The summed E-state index contributed by atoms with van der Waals surface area (Å²) in [5, 5.41) is 0.743. The zero-order chi connectivity index (χ0) is 20.5. The topological polar surface area (TPSA) is 74.8 Å². The van der Waals surface area contributed by atoms with Crippen molar-refractivity contribution in [3.8, 4) is 0 Å². The number of rotatable bonds is 6. The molecule has 2 aromatic carbocycles. The van der Waals surface area contributed by atoms with E-state index in [1.165, 1.54) is 39.9 Å². The molecule has 28 heavy (non-hydrogen) atoms. The number of nitrogens with zero attached hydrogens (tertiary/aromatic N) is 2. The highest BCUT2D eigenvalue weighted by atomic mass is 35.5.